The van der Waals surface area contributed by atoms with Gasteiger partial charge in [0.1, 0.15) is 0 Å². The van der Waals surface area contributed by atoms with Crippen LogP contribution >= 0.6 is 62.8 Å². The number of rotatable bonds is 44. The molecule has 22 heteroatoms. The molecule has 0 aromatic heterocycles. The Labute approximate surface area is 383 Å². The van der Waals surface area contributed by atoms with E-state index in [0.29, 0.717) is 79.3 Å². The standard InChI is InChI=1S/C18H42O6S4Si2.C18H42O6S2Si2/c1-7-19-29(20-8-2,21-9-3)17-13-15-25-27-28-26-16-14-18-30(22-10-4,23-11-5)24-12-6;1-7-19-27(20-8-2,21-9-3)17-13-15-25-26-16-14-18-28(22-10-4,23-11-5)24-12-6/h7-18H2,1-6H3;7-18H2,1-6H3. The van der Waals surface area contributed by atoms with Crippen molar-refractivity contribution in [2.45, 2.75) is 133 Å². The van der Waals surface area contributed by atoms with Crippen LogP contribution in [0, 0.1) is 0 Å². The predicted octanol–water partition coefficient (Wildman–Crippen LogP) is 11.8. The highest BCUT2D eigenvalue weighted by atomic mass is 33.7. The van der Waals surface area contributed by atoms with Gasteiger partial charge in [-0.2, -0.15) is 0 Å². The molecule has 0 saturated heterocycles. The minimum absolute atomic E-state index is 0.638. The van der Waals surface area contributed by atoms with Crippen molar-refractivity contribution in [1.82, 2.24) is 0 Å². The Bertz CT molecular complexity index is 743. The van der Waals surface area contributed by atoms with Crippen LogP contribution in [0.2, 0.25) is 24.2 Å². The Morgan fingerprint density at radius 2 is 0.397 bits per heavy atom. The summed E-state index contributed by atoms with van der Waals surface area (Å²) >= 11 is 0. The van der Waals surface area contributed by atoms with Crippen LogP contribution in [0.5, 0.6) is 0 Å². The van der Waals surface area contributed by atoms with E-state index in [2.05, 4.69) is 0 Å². The van der Waals surface area contributed by atoms with Crippen LogP contribution in [-0.4, -0.2) is 138 Å². The molecule has 0 rings (SSSR count). The van der Waals surface area contributed by atoms with E-state index < -0.39 is 35.2 Å². The smallest absolute Gasteiger partial charge is 0.374 e. The third-order valence-corrected chi connectivity index (χ3v) is 29.2. The monoisotopic (exact) mass is 1010 g/mol. The molecule has 0 saturated carbocycles. The molecule has 0 aromatic carbocycles. The highest BCUT2D eigenvalue weighted by molar-refractivity contribution is 9.26. The summed E-state index contributed by atoms with van der Waals surface area (Å²) < 4.78 is 70.8. The van der Waals surface area contributed by atoms with E-state index in [9.17, 15) is 0 Å². The molecule has 12 nitrogen and oxygen atoms in total. The van der Waals surface area contributed by atoms with Gasteiger partial charge in [-0.25, -0.2) is 0 Å². The lowest BCUT2D eigenvalue weighted by Gasteiger charge is -2.28. The van der Waals surface area contributed by atoms with Gasteiger partial charge in [0.2, 0.25) is 0 Å². The number of hydrogen-bond acceptors (Lipinski definition) is 18. The lowest BCUT2D eigenvalue weighted by atomic mass is 10.6. The van der Waals surface area contributed by atoms with Gasteiger partial charge in [-0.05, 0) is 128 Å². The van der Waals surface area contributed by atoms with Crippen LogP contribution in [-0.2, 0) is 53.1 Å². The van der Waals surface area contributed by atoms with Crippen LogP contribution in [0.3, 0.4) is 0 Å². The summed E-state index contributed by atoms with van der Waals surface area (Å²) in [5.41, 5.74) is 0. The highest BCUT2D eigenvalue weighted by Crippen LogP contribution is 2.44. The summed E-state index contributed by atoms with van der Waals surface area (Å²) in [6.07, 6.45) is 4.17. The molecule has 0 aliphatic rings. The summed E-state index contributed by atoms with van der Waals surface area (Å²) in [4.78, 5) is 0. The lowest BCUT2D eigenvalue weighted by Crippen LogP contribution is -2.46. The van der Waals surface area contributed by atoms with E-state index in [-0.39, 0.29) is 0 Å². The van der Waals surface area contributed by atoms with Crippen LogP contribution in [0.25, 0.3) is 0 Å². The SMILES string of the molecule is CCO[Si](CCCSSCCC[Si](OCC)(OCC)OCC)(OCC)OCC.CCO[Si](CCCSSSSCCC[Si](OCC)(OCC)OCC)(OCC)OCC. The molecular weight excluding hydrogens is 929 g/mol. The van der Waals surface area contributed by atoms with Gasteiger partial charge in [0, 0.05) is 126 Å². The zero-order valence-corrected chi connectivity index (χ0v) is 47.2. The fraction of sp³-hybridized carbons (Fsp3) is 1.00. The van der Waals surface area contributed by atoms with Crippen molar-refractivity contribution >= 4 is 98.0 Å². The first-order chi connectivity index (χ1) is 28.1. The fourth-order valence-corrected chi connectivity index (χ4v) is 25.4. The Kier molecular flexibility index (Phi) is 46.8. The molecule has 0 amide bonds. The molecule has 0 aliphatic heterocycles. The molecule has 0 atom stereocenters. The van der Waals surface area contributed by atoms with Crippen LogP contribution in [0.4, 0.5) is 0 Å². The average Bonchev–Trinajstić information content (AvgIpc) is 3.18. The normalized spacial score (nSPS) is 12.6. The summed E-state index contributed by atoms with van der Waals surface area (Å²) in [7, 11) is 1.30. The first kappa shape index (κ1) is 62.6. The van der Waals surface area contributed by atoms with E-state index in [1.54, 1.807) is 0 Å². The molecule has 0 N–H and O–H groups in total. The molecule has 58 heavy (non-hydrogen) atoms. The zero-order valence-electron chi connectivity index (χ0n) is 38.3. The average molecular weight is 1010 g/mol. The van der Waals surface area contributed by atoms with E-state index in [1.165, 1.54) is 0 Å². The van der Waals surface area contributed by atoms with Crippen molar-refractivity contribution in [2.24, 2.45) is 0 Å². The Hall–Kier alpha value is 2.49. The molecule has 0 fully saturated rings. The Morgan fingerprint density at radius 1 is 0.241 bits per heavy atom. The predicted molar refractivity (Wildman–Crippen MR) is 265 cm³/mol. The second-order valence-corrected chi connectivity index (χ2v) is 31.6. The van der Waals surface area contributed by atoms with Gasteiger partial charge in [0.25, 0.3) is 0 Å². The molecule has 0 bridgehead atoms. The maximum absolute atomic E-state index is 5.90. The quantitative estimate of drug-likeness (QED) is 0.0328. The molecule has 0 heterocycles. The highest BCUT2D eigenvalue weighted by Gasteiger charge is 2.42. The number of hydrogen-bond donors (Lipinski definition) is 0. The van der Waals surface area contributed by atoms with Gasteiger partial charge in [-0.1, -0.05) is 43.2 Å². The molecule has 352 valence electrons. The molecular formula is C36H84O12S6Si4. The van der Waals surface area contributed by atoms with Crippen molar-refractivity contribution in [1.29, 1.82) is 0 Å². The molecule has 0 unspecified atom stereocenters. The largest absolute Gasteiger partial charge is 0.500 e. The minimum atomic E-state index is -2.49. The molecule has 0 aromatic rings. The molecule has 0 aliphatic carbocycles. The summed E-state index contributed by atoms with van der Waals surface area (Å²) in [6.45, 7) is 31.7. The van der Waals surface area contributed by atoms with Crippen molar-refractivity contribution in [3.63, 3.8) is 0 Å². The zero-order chi connectivity index (χ0) is 43.7. The fourth-order valence-electron chi connectivity index (χ4n) is 5.62. The second-order valence-electron chi connectivity index (χ2n) is 11.8. The summed E-state index contributed by atoms with van der Waals surface area (Å²) in [5, 5.41) is 0. The first-order valence-electron chi connectivity index (χ1n) is 21.6. The maximum Gasteiger partial charge on any atom is 0.500 e. The van der Waals surface area contributed by atoms with Gasteiger partial charge in [-0.3, -0.25) is 0 Å². The minimum Gasteiger partial charge on any atom is -0.374 e. The third kappa shape index (κ3) is 31.4. The van der Waals surface area contributed by atoms with Crippen LogP contribution in [0.15, 0.2) is 0 Å². The van der Waals surface area contributed by atoms with Crippen molar-refractivity contribution in [3.8, 4) is 0 Å². The molecule has 0 spiro atoms. The van der Waals surface area contributed by atoms with Gasteiger partial charge < -0.3 is 53.1 Å². The van der Waals surface area contributed by atoms with Crippen molar-refractivity contribution in [3.05, 3.63) is 0 Å². The van der Waals surface area contributed by atoms with Gasteiger partial charge in [0.15, 0.2) is 0 Å². The topological polar surface area (TPSA) is 111 Å². The van der Waals surface area contributed by atoms with Gasteiger partial charge >= 0.3 is 35.2 Å². The summed E-state index contributed by atoms with van der Waals surface area (Å²) in [5.74, 6) is 4.26. The van der Waals surface area contributed by atoms with Crippen LogP contribution < -0.4 is 0 Å². The maximum atomic E-state index is 5.90. The van der Waals surface area contributed by atoms with Crippen molar-refractivity contribution in [2.75, 3.05) is 102 Å². The summed E-state index contributed by atoms with van der Waals surface area (Å²) in [6, 6.07) is 3.52. The first-order valence-corrected chi connectivity index (χ1v) is 37.0. The van der Waals surface area contributed by atoms with E-state index in [4.69, 9.17) is 53.1 Å². The third-order valence-electron chi connectivity index (χ3n) is 7.42. The Balaban J connectivity index is 0. The second kappa shape index (κ2) is 43.4. The van der Waals surface area contributed by atoms with Gasteiger partial charge in [0.05, 0.1) is 0 Å². The van der Waals surface area contributed by atoms with Crippen molar-refractivity contribution < 1.29 is 53.1 Å². The molecule has 0 radical (unpaired) electrons. The van der Waals surface area contributed by atoms with E-state index in [0.717, 1.165) is 72.9 Å². The van der Waals surface area contributed by atoms with Crippen LogP contribution in [0.1, 0.15) is 109 Å². The lowest BCUT2D eigenvalue weighted by molar-refractivity contribution is 0.0704. The van der Waals surface area contributed by atoms with Gasteiger partial charge in [-0.15, -0.1) is 0 Å². The van der Waals surface area contributed by atoms with E-state index >= 15 is 0 Å². The Morgan fingerprint density at radius 3 is 0.552 bits per heavy atom. The van der Waals surface area contributed by atoms with E-state index in [1.807, 2.05) is 146 Å².